The van der Waals surface area contributed by atoms with Crippen LogP contribution in [0.1, 0.15) is 93.4 Å². The maximum atomic E-state index is 2.94. The van der Waals surface area contributed by atoms with E-state index in [1.807, 2.05) is 0 Å². The first-order chi connectivity index (χ1) is 10.4. The summed E-state index contributed by atoms with van der Waals surface area (Å²) in [7, 11) is 0. The van der Waals surface area contributed by atoms with Crippen molar-refractivity contribution in [2.75, 3.05) is 0 Å². The van der Waals surface area contributed by atoms with E-state index < -0.39 is 18.7 Å². The fraction of sp³-hybridized carbons (Fsp3) is 0.900. The topological polar surface area (TPSA) is 3.24 Å². The van der Waals surface area contributed by atoms with Gasteiger partial charge in [0.05, 0.1) is 0 Å². The molecule has 0 amide bonds. The van der Waals surface area contributed by atoms with E-state index in [0.29, 0.717) is 0 Å². The van der Waals surface area contributed by atoms with Crippen LogP contribution in [0.3, 0.4) is 0 Å². The van der Waals surface area contributed by atoms with Gasteiger partial charge in [0.1, 0.15) is 0 Å². The number of unbranched alkanes of at least 4 members (excludes halogenated alkanes) is 3. The molecule has 0 N–H and O–H groups in total. The quantitative estimate of drug-likeness (QED) is 0.301. The Morgan fingerprint density at radius 1 is 0.773 bits per heavy atom. The van der Waals surface area contributed by atoms with Gasteiger partial charge in [-0.2, -0.15) is 0 Å². The number of allylic oxidation sites excluding steroid dienone is 1. The molecule has 1 nitrogen and oxygen atoms in total. The Balaban J connectivity index is 5.59. The molecule has 0 aliphatic heterocycles. The molecule has 0 aliphatic carbocycles. The molecular formula is C20H43NSn. The standard InChI is InChI=1S/C8H16N.3C4H9.Sn/c1-5-6-7-9-8(2,3)4;3*1-3-4-2;/h6-7H,5H2,1-4H3;3*1,3-4H2,2H3;/q-1;;;;+1/b7-6+;;;;. The second-order valence-corrected chi connectivity index (χ2v) is 20.5. The van der Waals surface area contributed by atoms with Gasteiger partial charge < -0.3 is 0 Å². The van der Waals surface area contributed by atoms with E-state index >= 15 is 0 Å². The van der Waals surface area contributed by atoms with Crippen molar-refractivity contribution in [3.05, 3.63) is 12.3 Å². The van der Waals surface area contributed by atoms with Crippen LogP contribution in [-0.4, -0.2) is 27.3 Å². The van der Waals surface area contributed by atoms with Crippen LogP contribution in [0.5, 0.6) is 0 Å². The van der Waals surface area contributed by atoms with E-state index in [1.165, 1.54) is 38.5 Å². The third-order valence-corrected chi connectivity index (χ3v) is 21.0. The Bertz CT molecular complexity index is 269. The minimum absolute atomic E-state index is 0.289. The molecule has 0 unspecified atom stereocenters. The summed E-state index contributed by atoms with van der Waals surface area (Å²) in [4.78, 5) is 0. The Kier molecular flexibility index (Phi) is 12.0. The second-order valence-electron chi connectivity index (χ2n) is 7.87. The van der Waals surface area contributed by atoms with Gasteiger partial charge in [-0.05, 0) is 0 Å². The number of rotatable bonds is 12. The molecule has 0 saturated heterocycles. The summed E-state index contributed by atoms with van der Waals surface area (Å²) in [5.41, 5.74) is 0.289. The molecule has 0 aromatic heterocycles. The van der Waals surface area contributed by atoms with Crippen molar-refractivity contribution in [2.24, 2.45) is 0 Å². The van der Waals surface area contributed by atoms with Crippen molar-refractivity contribution in [1.29, 1.82) is 0 Å². The van der Waals surface area contributed by atoms with Crippen LogP contribution in [0.25, 0.3) is 0 Å². The normalized spacial score (nSPS) is 13.0. The van der Waals surface area contributed by atoms with Crippen LogP contribution in [-0.2, 0) is 0 Å². The molecular weight excluding hydrogens is 373 g/mol. The zero-order chi connectivity index (χ0) is 17.1. The fourth-order valence-corrected chi connectivity index (χ4v) is 21.7. The monoisotopic (exact) mass is 417 g/mol. The molecule has 0 radical (unpaired) electrons. The van der Waals surface area contributed by atoms with E-state index in [4.69, 9.17) is 0 Å². The Hall–Kier alpha value is 0.339. The zero-order valence-electron chi connectivity index (χ0n) is 16.7. The van der Waals surface area contributed by atoms with Gasteiger partial charge in [0, 0.05) is 0 Å². The van der Waals surface area contributed by atoms with Crippen LogP contribution >= 0.6 is 0 Å². The van der Waals surface area contributed by atoms with Crippen molar-refractivity contribution < 1.29 is 0 Å². The van der Waals surface area contributed by atoms with Crippen LogP contribution in [0.15, 0.2) is 12.3 Å². The molecule has 0 aromatic carbocycles. The number of hydrogen-bond donors (Lipinski definition) is 0. The molecule has 0 spiro atoms. The Labute approximate surface area is 146 Å². The van der Waals surface area contributed by atoms with Crippen LogP contribution in [0.2, 0.25) is 13.3 Å². The molecule has 0 fully saturated rings. The van der Waals surface area contributed by atoms with Gasteiger partial charge >= 0.3 is 146 Å². The molecule has 0 atom stereocenters. The van der Waals surface area contributed by atoms with Gasteiger partial charge in [0.25, 0.3) is 0 Å². The predicted octanol–water partition coefficient (Wildman–Crippen LogP) is 7.36. The first-order valence-corrected chi connectivity index (χ1v) is 17.2. The van der Waals surface area contributed by atoms with Crippen molar-refractivity contribution in [2.45, 2.75) is 112 Å². The summed E-state index contributed by atoms with van der Waals surface area (Å²) in [6.45, 7) is 16.6. The number of hydrogen-bond acceptors (Lipinski definition) is 1. The van der Waals surface area contributed by atoms with Crippen molar-refractivity contribution in [3.63, 3.8) is 0 Å². The SMILES string of the molecule is CC/C=C/[N](C(C)(C)C)[Sn]([CH2]CCC)([CH2]CCC)[CH2]CCC. The average molecular weight is 416 g/mol. The molecule has 2 heteroatoms. The summed E-state index contributed by atoms with van der Waals surface area (Å²) in [6, 6.07) is 0. The first kappa shape index (κ1) is 22.3. The third-order valence-electron chi connectivity index (χ3n) is 4.71. The molecule has 0 saturated carbocycles. The summed E-state index contributed by atoms with van der Waals surface area (Å²) in [6.07, 6.45) is 14.5. The summed E-state index contributed by atoms with van der Waals surface area (Å²) in [5, 5.41) is 0. The van der Waals surface area contributed by atoms with Crippen molar-refractivity contribution >= 4 is 18.7 Å². The molecule has 0 rings (SSSR count). The molecule has 0 aliphatic rings. The first-order valence-electron chi connectivity index (χ1n) is 9.84. The van der Waals surface area contributed by atoms with Crippen LogP contribution in [0, 0.1) is 0 Å². The molecule has 132 valence electrons. The van der Waals surface area contributed by atoms with Crippen LogP contribution < -0.4 is 0 Å². The van der Waals surface area contributed by atoms with E-state index in [-0.39, 0.29) is 5.54 Å². The third kappa shape index (κ3) is 7.74. The Morgan fingerprint density at radius 2 is 1.18 bits per heavy atom. The minimum atomic E-state index is -2.32. The van der Waals surface area contributed by atoms with Gasteiger partial charge in [-0.25, -0.2) is 0 Å². The predicted molar refractivity (Wildman–Crippen MR) is 106 cm³/mol. The van der Waals surface area contributed by atoms with E-state index in [9.17, 15) is 0 Å². The molecule has 0 bridgehead atoms. The van der Waals surface area contributed by atoms with E-state index in [0.717, 1.165) is 6.42 Å². The zero-order valence-corrected chi connectivity index (χ0v) is 19.5. The molecule has 22 heavy (non-hydrogen) atoms. The summed E-state index contributed by atoms with van der Waals surface area (Å²) >= 11 is -2.32. The van der Waals surface area contributed by atoms with Gasteiger partial charge in [0.2, 0.25) is 0 Å². The van der Waals surface area contributed by atoms with Gasteiger partial charge in [-0.1, -0.05) is 0 Å². The molecule has 0 heterocycles. The summed E-state index contributed by atoms with van der Waals surface area (Å²) in [5.74, 6) is 0. The van der Waals surface area contributed by atoms with Gasteiger partial charge in [0.15, 0.2) is 0 Å². The average Bonchev–Trinajstić information content (AvgIpc) is 2.47. The summed E-state index contributed by atoms with van der Waals surface area (Å²) < 4.78 is 7.59. The number of nitrogens with zero attached hydrogens (tertiary/aromatic N) is 1. The van der Waals surface area contributed by atoms with E-state index in [2.05, 4.69) is 63.9 Å². The van der Waals surface area contributed by atoms with Crippen LogP contribution in [0.4, 0.5) is 0 Å². The van der Waals surface area contributed by atoms with Crippen molar-refractivity contribution in [3.8, 4) is 0 Å². The maximum absolute atomic E-state index is 2.94. The van der Waals surface area contributed by atoms with E-state index in [1.54, 1.807) is 13.3 Å². The molecule has 0 aromatic rings. The van der Waals surface area contributed by atoms with Gasteiger partial charge in [-0.3, -0.25) is 0 Å². The Morgan fingerprint density at radius 3 is 1.45 bits per heavy atom. The van der Waals surface area contributed by atoms with Crippen molar-refractivity contribution in [1.82, 2.24) is 3.12 Å². The fourth-order valence-electron chi connectivity index (χ4n) is 3.56. The second kappa shape index (κ2) is 11.8. The van der Waals surface area contributed by atoms with Gasteiger partial charge in [-0.15, -0.1) is 0 Å².